The molecule has 178 valence electrons. The van der Waals surface area contributed by atoms with Gasteiger partial charge >= 0.3 is 0 Å². The summed E-state index contributed by atoms with van der Waals surface area (Å²) in [5.41, 5.74) is 5.07. The molecular formula is C25H28ClN5O2S. The number of benzene rings is 2. The fourth-order valence-corrected chi connectivity index (χ4v) is 6.10. The number of fused-ring (bicyclic) bond motifs is 3. The highest BCUT2D eigenvalue weighted by molar-refractivity contribution is 8.14. The van der Waals surface area contributed by atoms with Gasteiger partial charge in [0.25, 0.3) is 0 Å². The van der Waals surface area contributed by atoms with Crippen molar-refractivity contribution in [3.05, 3.63) is 65.2 Å². The number of hydrogen-bond donors (Lipinski definition) is 2. The number of carbonyl (C=O) groups is 2. The molecule has 2 heterocycles. The van der Waals surface area contributed by atoms with Gasteiger partial charge in [-0.1, -0.05) is 72.6 Å². The van der Waals surface area contributed by atoms with Crippen molar-refractivity contribution < 1.29 is 9.59 Å². The Morgan fingerprint density at radius 3 is 2.79 bits per heavy atom. The van der Waals surface area contributed by atoms with Crippen molar-refractivity contribution in [1.29, 1.82) is 0 Å². The Balaban J connectivity index is 1.27. The number of carbonyl (C=O) groups excluding carboxylic acids is 2. The number of thioether (sulfide) groups is 1. The van der Waals surface area contributed by atoms with E-state index in [1.54, 1.807) is 18.2 Å². The van der Waals surface area contributed by atoms with Crippen LogP contribution in [0.25, 0.3) is 0 Å². The van der Waals surface area contributed by atoms with E-state index in [0.717, 1.165) is 37.3 Å². The van der Waals surface area contributed by atoms with Crippen LogP contribution in [0.5, 0.6) is 0 Å². The van der Waals surface area contributed by atoms with Crippen LogP contribution in [0, 0.1) is 5.92 Å². The lowest BCUT2D eigenvalue weighted by molar-refractivity contribution is -0.155. The Morgan fingerprint density at radius 2 is 1.97 bits per heavy atom. The summed E-state index contributed by atoms with van der Waals surface area (Å²) in [6, 6.07) is 17.5. The van der Waals surface area contributed by atoms with Gasteiger partial charge in [0.05, 0.1) is 11.7 Å². The summed E-state index contributed by atoms with van der Waals surface area (Å²) in [4.78, 5) is 30.2. The van der Waals surface area contributed by atoms with Crippen LogP contribution < -0.4 is 10.7 Å². The maximum atomic E-state index is 13.5. The highest BCUT2D eigenvalue weighted by atomic mass is 35.5. The van der Waals surface area contributed by atoms with Gasteiger partial charge in [0.2, 0.25) is 11.8 Å². The summed E-state index contributed by atoms with van der Waals surface area (Å²) >= 11 is 7.42. The van der Waals surface area contributed by atoms with E-state index in [0.29, 0.717) is 17.3 Å². The van der Waals surface area contributed by atoms with Crippen molar-refractivity contribution in [2.75, 3.05) is 17.6 Å². The second-order valence-electron chi connectivity index (χ2n) is 8.88. The predicted molar refractivity (Wildman–Crippen MR) is 136 cm³/mol. The zero-order valence-corrected chi connectivity index (χ0v) is 20.4. The van der Waals surface area contributed by atoms with Gasteiger partial charge in [-0.25, -0.2) is 0 Å². The molecule has 7 nitrogen and oxygen atoms in total. The van der Waals surface area contributed by atoms with E-state index >= 15 is 0 Å². The Bertz CT molecular complexity index is 1080. The Kier molecular flexibility index (Phi) is 6.97. The molecule has 0 spiro atoms. The number of anilines is 1. The zero-order chi connectivity index (χ0) is 23.5. The van der Waals surface area contributed by atoms with Crippen molar-refractivity contribution in [2.45, 2.75) is 44.4 Å². The van der Waals surface area contributed by atoms with Crippen LogP contribution in [-0.2, 0) is 16.0 Å². The quantitative estimate of drug-likeness (QED) is 0.628. The van der Waals surface area contributed by atoms with Crippen LogP contribution in [-0.4, -0.2) is 51.4 Å². The minimum absolute atomic E-state index is 0.0215. The molecule has 5 rings (SSSR count). The number of halogens is 1. The predicted octanol–water partition coefficient (Wildman–Crippen LogP) is 4.12. The summed E-state index contributed by atoms with van der Waals surface area (Å²) in [6.07, 6.45) is 4.55. The normalized spacial score (nSPS) is 23.6. The van der Waals surface area contributed by atoms with Crippen LogP contribution in [0.4, 0.5) is 5.69 Å². The molecule has 0 bridgehead atoms. The van der Waals surface area contributed by atoms with E-state index in [1.807, 2.05) is 29.2 Å². The minimum Gasteiger partial charge on any atom is -0.325 e. The summed E-state index contributed by atoms with van der Waals surface area (Å²) < 4.78 is 0. The minimum atomic E-state index is -0.297. The molecule has 1 aliphatic carbocycles. The van der Waals surface area contributed by atoms with Gasteiger partial charge in [0, 0.05) is 23.3 Å². The molecule has 1 saturated carbocycles. The van der Waals surface area contributed by atoms with E-state index in [-0.39, 0.29) is 35.8 Å². The number of nitrogens with one attached hydrogen (secondary N) is 2. The second kappa shape index (κ2) is 10.3. The van der Waals surface area contributed by atoms with Crippen LogP contribution in [0.2, 0.25) is 5.02 Å². The lowest BCUT2D eigenvalue weighted by Crippen LogP contribution is -2.67. The van der Waals surface area contributed by atoms with Crippen molar-refractivity contribution in [3.63, 3.8) is 0 Å². The largest absolute Gasteiger partial charge is 0.325 e. The van der Waals surface area contributed by atoms with Crippen molar-refractivity contribution in [3.8, 4) is 0 Å². The molecule has 2 aliphatic heterocycles. The highest BCUT2D eigenvalue weighted by Crippen LogP contribution is 2.38. The maximum Gasteiger partial charge on any atom is 0.234 e. The van der Waals surface area contributed by atoms with Gasteiger partial charge in [0.1, 0.15) is 0 Å². The highest BCUT2D eigenvalue weighted by Gasteiger charge is 2.50. The SMILES string of the molecule is O=C(CSC1=NNC2N(CCc3ccccc3)C(=O)C3CCCCC3N12)Nc1cccc(Cl)c1. The number of hydrogen-bond acceptors (Lipinski definition) is 6. The van der Waals surface area contributed by atoms with E-state index in [4.69, 9.17) is 11.6 Å². The van der Waals surface area contributed by atoms with Crippen molar-refractivity contribution in [2.24, 2.45) is 11.0 Å². The maximum absolute atomic E-state index is 13.5. The molecule has 0 radical (unpaired) electrons. The lowest BCUT2D eigenvalue weighted by Gasteiger charge is -2.50. The number of amidine groups is 1. The first-order valence-corrected chi connectivity index (χ1v) is 13.1. The van der Waals surface area contributed by atoms with Crippen LogP contribution in [0.3, 0.4) is 0 Å². The third-order valence-electron chi connectivity index (χ3n) is 6.67. The molecule has 3 unspecified atom stereocenters. The summed E-state index contributed by atoms with van der Waals surface area (Å²) in [6.45, 7) is 0.628. The Hall–Kier alpha value is -2.71. The number of amides is 2. The summed E-state index contributed by atoms with van der Waals surface area (Å²) in [5, 5.41) is 8.81. The fourth-order valence-electron chi connectivity index (χ4n) is 5.07. The topological polar surface area (TPSA) is 77.0 Å². The summed E-state index contributed by atoms with van der Waals surface area (Å²) in [7, 11) is 0. The molecule has 2 fully saturated rings. The zero-order valence-electron chi connectivity index (χ0n) is 18.8. The molecule has 0 aromatic heterocycles. The number of hydrazone groups is 1. The first kappa shape index (κ1) is 23.1. The Labute approximate surface area is 208 Å². The standard InChI is InChI=1S/C25H28ClN5O2S/c26-18-9-6-10-19(15-18)27-22(32)16-34-25-29-28-24-30(14-13-17-7-2-1-3-8-17)23(33)20-11-4-5-12-21(20)31(24)25/h1-3,6-10,15,20-21,24,28H,4-5,11-14,16H2,(H,27,32). The van der Waals surface area contributed by atoms with Crippen molar-refractivity contribution in [1.82, 2.24) is 15.2 Å². The molecule has 2 amide bonds. The van der Waals surface area contributed by atoms with Gasteiger partial charge in [-0.3, -0.25) is 15.0 Å². The fraction of sp³-hybridized carbons (Fsp3) is 0.400. The van der Waals surface area contributed by atoms with Gasteiger partial charge in [-0.2, -0.15) is 5.10 Å². The molecule has 3 atom stereocenters. The van der Waals surface area contributed by atoms with E-state index in [9.17, 15) is 9.59 Å². The molecule has 34 heavy (non-hydrogen) atoms. The van der Waals surface area contributed by atoms with Gasteiger partial charge < -0.3 is 15.1 Å². The molecule has 2 N–H and O–H groups in total. The van der Waals surface area contributed by atoms with Crippen LogP contribution >= 0.6 is 23.4 Å². The van der Waals surface area contributed by atoms with Crippen LogP contribution in [0.15, 0.2) is 59.7 Å². The smallest absolute Gasteiger partial charge is 0.234 e. The van der Waals surface area contributed by atoms with E-state index in [1.165, 1.54) is 17.3 Å². The first-order valence-electron chi connectivity index (χ1n) is 11.7. The number of rotatable bonds is 6. The summed E-state index contributed by atoms with van der Waals surface area (Å²) in [5.74, 6) is 0.305. The van der Waals surface area contributed by atoms with E-state index < -0.39 is 0 Å². The van der Waals surface area contributed by atoms with Gasteiger partial charge in [0.15, 0.2) is 11.5 Å². The molecule has 9 heteroatoms. The second-order valence-corrected chi connectivity index (χ2v) is 10.3. The average Bonchev–Trinajstić information content (AvgIpc) is 3.27. The monoisotopic (exact) mass is 497 g/mol. The lowest BCUT2D eigenvalue weighted by atomic mass is 9.81. The third kappa shape index (κ3) is 4.88. The molecule has 1 saturated heterocycles. The molecule has 3 aliphatic rings. The average molecular weight is 498 g/mol. The first-order chi connectivity index (χ1) is 16.6. The van der Waals surface area contributed by atoms with Gasteiger partial charge in [-0.15, -0.1) is 0 Å². The van der Waals surface area contributed by atoms with Gasteiger partial charge in [-0.05, 0) is 43.0 Å². The van der Waals surface area contributed by atoms with E-state index in [2.05, 4.69) is 32.9 Å². The third-order valence-corrected chi connectivity index (χ3v) is 7.87. The van der Waals surface area contributed by atoms with Crippen molar-refractivity contribution >= 4 is 46.0 Å². The van der Waals surface area contributed by atoms with Crippen LogP contribution in [0.1, 0.15) is 31.2 Å². The molecular weight excluding hydrogens is 470 g/mol. The Morgan fingerprint density at radius 1 is 1.15 bits per heavy atom. The molecule has 2 aromatic carbocycles. The molecule has 2 aromatic rings. The number of nitrogens with zero attached hydrogens (tertiary/aromatic N) is 3.